The van der Waals surface area contributed by atoms with Gasteiger partial charge >= 0.3 is 5.97 Å². The maximum Gasteiger partial charge on any atom is 0.305 e. The number of ether oxygens (including phenoxy) is 2. The molecule has 1 N–H and O–H groups in total. The number of hydrogen-bond donors (Lipinski definition) is 1. The van der Waals surface area contributed by atoms with Gasteiger partial charge < -0.3 is 14.8 Å². The highest BCUT2D eigenvalue weighted by Crippen LogP contribution is 2.35. The number of aliphatic imine (C=N–C) groups is 1. The summed E-state index contributed by atoms with van der Waals surface area (Å²) in [4.78, 5) is 28.2. The van der Waals surface area contributed by atoms with Crippen molar-refractivity contribution >= 4 is 34.9 Å². The van der Waals surface area contributed by atoms with Crippen molar-refractivity contribution in [2.75, 3.05) is 25.1 Å². The molecule has 0 radical (unpaired) electrons. The molecule has 0 amide bonds. The largest absolute Gasteiger partial charge is 0.466 e. The minimum Gasteiger partial charge on any atom is -0.466 e. The van der Waals surface area contributed by atoms with Gasteiger partial charge in [-0.15, -0.1) is 5.10 Å². The van der Waals surface area contributed by atoms with Crippen LogP contribution in [0, 0.1) is 11.6 Å². The number of esters is 1. The molecular weight excluding hydrogens is 730 g/mol. The van der Waals surface area contributed by atoms with E-state index < -0.39 is 17.7 Å². The molecule has 13 nitrogen and oxygen atoms in total. The van der Waals surface area contributed by atoms with Gasteiger partial charge in [0, 0.05) is 57.1 Å². The summed E-state index contributed by atoms with van der Waals surface area (Å²) in [6.07, 6.45) is 8.53. The number of benzene rings is 3. The molecule has 6 rings (SSSR count). The van der Waals surface area contributed by atoms with E-state index in [0.29, 0.717) is 70.9 Å². The Labute approximate surface area is 321 Å². The van der Waals surface area contributed by atoms with Crippen molar-refractivity contribution in [3.05, 3.63) is 117 Å². The van der Waals surface area contributed by atoms with Crippen molar-refractivity contribution in [1.29, 1.82) is 0 Å². The van der Waals surface area contributed by atoms with Gasteiger partial charge in [-0.25, -0.2) is 18.7 Å². The Morgan fingerprint density at radius 3 is 2.62 bits per heavy atom. The standard InChI is InChI=1S/C39H39ClF2N10O3/c1-2-55-35(53)11-6-4-3-5-7-18-54-24-29(48-50-43)22-52-23-34(49-51-52)25-12-15-28(16-13-25)46-39-45-21-26-20-44-38(36-32(41)9-8-10-33(36)42)31-19-27(40)14-17-30(31)37(26)47-39/h8-10,12-17,19,21,23,29H,2-7,11,18,20,22,24H2,1H3,(H,45,46,47). The SMILES string of the molecule is CCOC(=O)CCCCCCCOCC(Cn1cc(-c2ccc(Nc3ncc4c(n3)-c3ccc(Cl)cc3C(c3c(F)cccc3F)=NC4)cc2)nn1)N=[N+]=[N-]. The summed E-state index contributed by atoms with van der Waals surface area (Å²) in [7, 11) is 0. The van der Waals surface area contributed by atoms with Crippen LogP contribution in [-0.2, 0) is 27.4 Å². The van der Waals surface area contributed by atoms with Crippen molar-refractivity contribution in [2.45, 2.75) is 64.6 Å². The predicted molar refractivity (Wildman–Crippen MR) is 205 cm³/mol. The first-order valence-corrected chi connectivity index (χ1v) is 18.4. The molecule has 3 heterocycles. The molecular formula is C39H39ClF2N10O3. The van der Waals surface area contributed by atoms with Crippen molar-refractivity contribution < 1.29 is 23.0 Å². The molecule has 0 saturated carbocycles. The van der Waals surface area contributed by atoms with E-state index in [4.69, 9.17) is 31.6 Å². The van der Waals surface area contributed by atoms with Crippen LogP contribution in [0.1, 0.15) is 62.1 Å². The number of hydrogen-bond acceptors (Lipinski definition) is 10. The van der Waals surface area contributed by atoms with Gasteiger partial charge in [-0.1, -0.05) is 65.5 Å². The molecule has 284 valence electrons. The molecule has 1 aliphatic heterocycles. The molecule has 55 heavy (non-hydrogen) atoms. The highest BCUT2D eigenvalue weighted by Gasteiger charge is 2.25. The number of azide groups is 1. The molecule has 1 unspecified atom stereocenters. The zero-order chi connectivity index (χ0) is 38.6. The van der Waals surface area contributed by atoms with Gasteiger partial charge in [-0.2, -0.15) is 0 Å². The third-order valence-corrected chi connectivity index (χ3v) is 9.07. The number of fused-ring (bicyclic) bond motifs is 3. The smallest absolute Gasteiger partial charge is 0.305 e. The average molecular weight is 769 g/mol. The number of nitrogens with one attached hydrogen (secondary N) is 1. The zero-order valence-electron chi connectivity index (χ0n) is 30.2. The molecule has 5 aromatic rings. The summed E-state index contributed by atoms with van der Waals surface area (Å²) < 4.78 is 42.2. The first-order chi connectivity index (χ1) is 26.8. The van der Waals surface area contributed by atoms with Crippen LogP contribution < -0.4 is 5.32 Å². The fourth-order valence-corrected chi connectivity index (χ4v) is 6.34. The summed E-state index contributed by atoms with van der Waals surface area (Å²) in [5, 5.41) is 16.0. The Morgan fingerprint density at radius 1 is 1.05 bits per heavy atom. The van der Waals surface area contributed by atoms with Gasteiger partial charge in [0.15, 0.2) is 0 Å². The number of nitrogens with zero attached hydrogens (tertiary/aromatic N) is 9. The second kappa shape index (κ2) is 19.0. The third kappa shape index (κ3) is 10.3. The summed E-state index contributed by atoms with van der Waals surface area (Å²) in [5.74, 6) is -1.28. The van der Waals surface area contributed by atoms with Crippen LogP contribution in [0.4, 0.5) is 20.4 Å². The first-order valence-electron chi connectivity index (χ1n) is 18.0. The molecule has 0 spiro atoms. The van der Waals surface area contributed by atoms with Crippen molar-refractivity contribution in [2.24, 2.45) is 10.1 Å². The molecule has 16 heteroatoms. The number of carbonyl (C=O) groups excluding carboxylic acids is 1. The van der Waals surface area contributed by atoms with Crippen LogP contribution in [0.25, 0.3) is 33.0 Å². The molecule has 1 atom stereocenters. The van der Waals surface area contributed by atoms with Crippen LogP contribution in [0.2, 0.25) is 5.02 Å². The van der Waals surface area contributed by atoms with Gasteiger partial charge in [0.1, 0.15) is 17.3 Å². The first kappa shape index (κ1) is 38.9. The minimum absolute atomic E-state index is 0.110. The van der Waals surface area contributed by atoms with E-state index in [2.05, 4.69) is 35.6 Å². The van der Waals surface area contributed by atoms with E-state index in [-0.39, 0.29) is 30.4 Å². The van der Waals surface area contributed by atoms with Crippen molar-refractivity contribution in [3.63, 3.8) is 0 Å². The van der Waals surface area contributed by atoms with Gasteiger partial charge in [0.05, 0.1) is 55.5 Å². The number of aromatic nitrogens is 5. The average Bonchev–Trinajstić information content (AvgIpc) is 3.58. The normalized spacial score (nSPS) is 12.5. The van der Waals surface area contributed by atoms with E-state index in [0.717, 1.165) is 37.7 Å². The predicted octanol–water partition coefficient (Wildman–Crippen LogP) is 9.03. The number of anilines is 2. The molecule has 2 aromatic heterocycles. The van der Waals surface area contributed by atoms with Crippen molar-refractivity contribution in [3.8, 4) is 22.5 Å². The lowest BCUT2D eigenvalue weighted by atomic mass is 9.95. The molecule has 3 aromatic carbocycles. The Bertz CT molecular complexity index is 2170. The lowest BCUT2D eigenvalue weighted by molar-refractivity contribution is -0.143. The second-order valence-electron chi connectivity index (χ2n) is 12.8. The van der Waals surface area contributed by atoms with Crippen LogP contribution >= 0.6 is 11.6 Å². The maximum atomic E-state index is 14.9. The van der Waals surface area contributed by atoms with Gasteiger partial charge in [0.25, 0.3) is 0 Å². The topological polar surface area (TPSA) is 165 Å². The van der Waals surface area contributed by atoms with Crippen LogP contribution in [0.3, 0.4) is 0 Å². The summed E-state index contributed by atoms with van der Waals surface area (Å²) in [5.41, 5.74) is 13.5. The highest BCUT2D eigenvalue weighted by atomic mass is 35.5. The minimum atomic E-state index is -0.725. The summed E-state index contributed by atoms with van der Waals surface area (Å²) in [6.45, 7) is 3.43. The van der Waals surface area contributed by atoms with E-state index >= 15 is 0 Å². The Hall–Kier alpha value is -5.76. The van der Waals surface area contributed by atoms with Crippen LogP contribution in [0.5, 0.6) is 0 Å². The summed E-state index contributed by atoms with van der Waals surface area (Å²) >= 11 is 6.35. The number of carbonyl (C=O) groups is 1. The van der Waals surface area contributed by atoms with E-state index in [1.54, 1.807) is 42.2 Å². The van der Waals surface area contributed by atoms with Gasteiger partial charge in [-0.3, -0.25) is 14.5 Å². The molecule has 0 saturated heterocycles. The maximum absolute atomic E-state index is 14.9. The number of halogens is 3. The Kier molecular flexibility index (Phi) is 13.5. The second-order valence-corrected chi connectivity index (χ2v) is 13.2. The van der Waals surface area contributed by atoms with E-state index in [9.17, 15) is 13.6 Å². The molecule has 1 aliphatic rings. The zero-order valence-corrected chi connectivity index (χ0v) is 30.9. The van der Waals surface area contributed by atoms with E-state index in [1.165, 1.54) is 18.2 Å². The molecule has 0 fully saturated rings. The van der Waals surface area contributed by atoms with Crippen LogP contribution in [-0.4, -0.2) is 62.5 Å². The number of unbranched alkanes of at least 4 members (excludes halogenated alkanes) is 4. The number of rotatable bonds is 18. The molecule has 0 aliphatic carbocycles. The highest BCUT2D eigenvalue weighted by molar-refractivity contribution is 6.31. The fourth-order valence-electron chi connectivity index (χ4n) is 6.16. The lowest BCUT2D eigenvalue weighted by Gasteiger charge is -2.13. The quantitative estimate of drug-likeness (QED) is 0.0303. The van der Waals surface area contributed by atoms with E-state index in [1.807, 2.05) is 24.3 Å². The fraction of sp³-hybridized carbons (Fsp3) is 0.333. The monoisotopic (exact) mass is 768 g/mol. The molecule has 0 bridgehead atoms. The Balaban J connectivity index is 1.04. The van der Waals surface area contributed by atoms with Crippen molar-refractivity contribution in [1.82, 2.24) is 25.0 Å². The van der Waals surface area contributed by atoms with Gasteiger partial charge in [-0.05, 0) is 61.7 Å². The van der Waals surface area contributed by atoms with Gasteiger partial charge in [0.2, 0.25) is 5.95 Å². The third-order valence-electron chi connectivity index (χ3n) is 8.84. The van der Waals surface area contributed by atoms with Crippen LogP contribution in [0.15, 0.2) is 83.2 Å². The summed E-state index contributed by atoms with van der Waals surface area (Å²) in [6, 6.07) is 15.8. The Morgan fingerprint density at radius 2 is 1.84 bits per heavy atom. The lowest BCUT2D eigenvalue weighted by Crippen LogP contribution is -2.20.